The Hall–Kier alpha value is -1.50. The molecule has 1 aromatic rings. The van der Waals surface area contributed by atoms with Crippen LogP contribution in [0.15, 0.2) is 24.3 Å². The summed E-state index contributed by atoms with van der Waals surface area (Å²) in [5.74, 6) is 8.00. The molecule has 3 nitrogen and oxygen atoms in total. The second-order valence-electron chi connectivity index (χ2n) is 7.84. The van der Waals surface area contributed by atoms with Crippen LogP contribution in [0.1, 0.15) is 45.3 Å². The van der Waals surface area contributed by atoms with Crippen LogP contribution in [0.25, 0.3) is 0 Å². The molecule has 23 heavy (non-hydrogen) atoms. The van der Waals surface area contributed by atoms with Gasteiger partial charge in [-0.3, -0.25) is 0 Å². The summed E-state index contributed by atoms with van der Waals surface area (Å²) < 4.78 is 12.8. The highest BCUT2D eigenvalue weighted by Crippen LogP contribution is 2.52. The average Bonchev–Trinajstić information content (AvgIpc) is 2.46. The fraction of sp³-hybridized carbons (Fsp3) is 0.600. The van der Waals surface area contributed by atoms with Gasteiger partial charge >= 0.3 is 0 Å². The van der Waals surface area contributed by atoms with E-state index < -0.39 is 0 Å². The highest BCUT2D eigenvalue weighted by atomic mass is 16.5. The first-order valence-electron chi connectivity index (χ1n) is 8.56. The summed E-state index contributed by atoms with van der Waals surface area (Å²) in [4.78, 5) is 1.34. The van der Waals surface area contributed by atoms with Crippen molar-refractivity contribution >= 4 is 0 Å². The van der Waals surface area contributed by atoms with E-state index in [9.17, 15) is 0 Å². The Bertz CT molecular complexity index is 641. The molecular formula is C20H28NO2+. The third-order valence-electron chi connectivity index (χ3n) is 4.97. The normalized spacial score (nSPS) is 31.4. The Labute approximate surface area is 140 Å². The lowest BCUT2D eigenvalue weighted by Gasteiger charge is -2.50. The summed E-state index contributed by atoms with van der Waals surface area (Å²) in [5.41, 5.74) is 0.599. The molecule has 1 N–H and O–H groups in total. The molecule has 1 aromatic carbocycles. The molecule has 1 saturated heterocycles. The Balaban J connectivity index is 1.90. The number of hydrogen-bond acceptors (Lipinski definition) is 2. The van der Waals surface area contributed by atoms with Crippen molar-refractivity contribution in [2.24, 2.45) is 5.92 Å². The van der Waals surface area contributed by atoms with Crippen molar-refractivity contribution in [1.82, 2.24) is 0 Å². The third kappa shape index (κ3) is 3.24. The van der Waals surface area contributed by atoms with Crippen molar-refractivity contribution in [2.45, 2.75) is 50.9 Å². The monoisotopic (exact) mass is 314 g/mol. The van der Waals surface area contributed by atoms with Gasteiger partial charge in [0.15, 0.2) is 0 Å². The van der Waals surface area contributed by atoms with Crippen molar-refractivity contribution in [3.63, 3.8) is 0 Å². The molecule has 0 bridgehead atoms. The number of hydrogen-bond donors (Lipinski definition) is 1. The first kappa shape index (κ1) is 16.4. The number of quaternary nitrogens is 1. The van der Waals surface area contributed by atoms with Gasteiger partial charge in [-0.1, -0.05) is 24.1 Å². The number of nitrogens with one attached hydrogen (secondary N) is 1. The Morgan fingerprint density at radius 3 is 2.70 bits per heavy atom. The molecule has 0 spiro atoms. The predicted octanol–water partition coefficient (Wildman–Crippen LogP) is 2.23. The summed E-state index contributed by atoms with van der Waals surface area (Å²) in [7, 11) is 4.23. The lowest BCUT2D eigenvalue weighted by atomic mass is 9.73. The van der Waals surface area contributed by atoms with Gasteiger partial charge < -0.3 is 14.4 Å². The minimum atomic E-state index is -0.364. The van der Waals surface area contributed by atoms with Gasteiger partial charge in [0.1, 0.15) is 23.5 Å². The van der Waals surface area contributed by atoms with Gasteiger partial charge in [-0.15, -0.1) is 0 Å². The van der Waals surface area contributed by atoms with Crippen LogP contribution in [0.2, 0.25) is 0 Å². The highest BCUT2D eigenvalue weighted by Gasteiger charge is 2.49. The minimum Gasteiger partial charge on any atom is -0.487 e. The molecular weight excluding hydrogens is 286 g/mol. The summed E-state index contributed by atoms with van der Waals surface area (Å²) in [5, 5.41) is 0. The van der Waals surface area contributed by atoms with Crippen molar-refractivity contribution in [3.05, 3.63) is 29.8 Å². The maximum atomic E-state index is 6.56. The zero-order valence-electron chi connectivity index (χ0n) is 14.9. The highest BCUT2D eigenvalue weighted by molar-refractivity contribution is 5.39. The quantitative estimate of drug-likeness (QED) is 0.804. The van der Waals surface area contributed by atoms with Crippen LogP contribution >= 0.6 is 0 Å². The van der Waals surface area contributed by atoms with E-state index in [1.54, 1.807) is 0 Å². The van der Waals surface area contributed by atoms with E-state index >= 15 is 0 Å². The Morgan fingerprint density at radius 2 is 1.96 bits per heavy atom. The molecule has 124 valence electrons. The van der Waals surface area contributed by atoms with Crippen molar-refractivity contribution in [2.75, 3.05) is 20.6 Å². The van der Waals surface area contributed by atoms with Crippen molar-refractivity contribution in [3.8, 4) is 17.6 Å². The second-order valence-corrected chi connectivity index (χ2v) is 7.84. The first-order chi connectivity index (χ1) is 10.8. The maximum absolute atomic E-state index is 6.56. The van der Waals surface area contributed by atoms with Gasteiger partial charge in [0.25, 0.3) is 0 Å². The Kier molecular flexibility index (Phi) is 4.16. The average molecular weight is 314 g/mol. The second kappa shape index (κ2) is 5.85. The van der Waals surface area contributed by atoms with Crippen LogP contribution in [-0.2, 0) is 4.74 Å². The van der Waals surface area contributed by atoms with Crippen molar-refractivity contribution in [1.29, 1.82) is 0 Å². The van der Waals surface area contributed by atoms with Gasteiger partial charge in [0, 0.05) is 11.5 Å². The summed E-state index contributed by atoms with van der Waals surface area (Å²) in [6.07, 6.45) is 2.10. The summed E-state index contributed by atoms with van der Waals surface area (Å²) in [6.45, 7) is 7.33. The van der Waals surface area contributed by atoms with Crippen LogP contribution in [0.5, 0.6) is 5.75 Å². The predicted molar refractivity (Wildman–Crippen MR) is 91.6 cm³/mol. The summed E-state index contributed by atoms with van der Waals surface area (Å²) in [6, 6.07) is 8.26. The van der Waals surface area contributed by atoms with Crippen LogP contribution in [0.3, 0.4) is 0 Å². The molecule has 3 rings (SSSR count). The molecule has 0 aromatic heterocycles. The third-order valence-corrected chi connectivity index (χ3v) is 4.97. The van der Waals surface area contributed by atoms with E-state index in [1.807, 2.05) is 12.1 Å². The van der Waals surface area contributed by atoms with Gasteiger partial charge in [0.05, 0.1) is 20.2 Å². The first-order valence-corrected chi connectivity index (χ1v) is 8.56. The Morgan fingerprint density at radius 1 is 1.22 bits per heavy atom. The lowest BCUT2D eigenvalue weighted by Crippen LogP contribution is -3.05. The largest absolute Gasteiger partial charge is 0.487 e. The van der Waals surface area contributed by atoms with Gasteiger partial charge in [-0.2, -0.15) is 0 Å². The molecule has 2 aliphatic rings. The van der Waals surface area contributed by atoms with E-state index in [1.165, 1.54) is 10.5 Å². The molecule has 2 heterocycles. The zero-order valence-corrected chi connectivity index (χ0v) is 14.9. The molecule has 2 aliphatic heterocycles. The van der Waals surface area contributed by atoms with E-state index in [4.69, 9.17) is 9.47 Å². The van der Waals surface area contributed by atoms with E-state index in [0.29, 0.717) is 5.92 Å². The van der Waals surface area contributed by atoms with Gasteiger partial charge in [-0.05, 0) is 45.6 Å². The van der Waals surface area contributed by atoms with E-state index in [2.05, 4.69) is 58.8 Å². The topological polar surface area (TPSA) is 22.9 Å². The fourth-order valence-electron chi connectivity index (χ4n) is 3.66. The molecule has 3 atom stereocenters. The van der Waals surface area contributed by atoms with Crippen LogP contribution < -0.4 is 9.64 Å². The molecule has 3 heteroatoms. The smallest absolute Gasteiger partial charge is 0.139 e. The lowest BCUT2D eigenvalue weighted by molar-refractivity contribution is -0.850. The van der Waals surface area contributed by atoms with E-state index in [-0.39, 0.29) is 17.3 Å². The number of benzene rings is 1. The van der Waals surface area contributed by atoms with E-state index in [0.717, 1.165) is 25.1 Å². The fourth-order valence-corrected chi connectivity index (χ4v) is 3.66. The molecule has 0 aliphatic carbocycles. The molecule has 0 radical (unpaired) electrons. The zero-order chi connectivity index (χ0) is 16.7. The number of rotatable bonds is 1. The SMILES string of the molecule is C[NH+](C)CC#CC1(C)CCC2C(O1)c1ccccc1OC2(C)C. The number of ether oxygens (including phenoxy) is 2. The number of fused-ring (bicyclic) bond motifs is 3. The van der Waals surface area contributed by atoms with Crippen LogP contribution in [0, 0.1) is 17.8 Å². The summed E-state index contributed by atoms with van der Waals surface area (Å²) >= 11 is 0. The molecule has 0 saturated carbocycles. The van der Waals surface area contributed by atoms with Crippen LogP contribution in [-0.4, -0.2) is 31.8 Å². The van der Waals surface area contributed by atoms with Gasteiger partial charge in [-0.25, -0.2) is 0 Å². The molecule has 0 amide bonds. The molecule has 1 fully saturated rings. The van der Waals surface area contributed by atoms with Gasteiger partial charge in [0.2, 0.25) is 0 Å². The number of para-hydroxylation sites is 1. The standard InChI is InChI=1S/C20H27NO2/c1-19(2)16-11-13-20(3,12-8-14-21(4)5)23-18(16)15-9-6-7-10-17(15)22-19/h6-7,9-10,16,18H,11,13-14H2,1-5H3/p+1. The minimum absolute atomic E-state index is 0.0645. The van der Waals surface area contributed by atoms with Crippen LogP contribution in [0.4, 0.5) is 0 Å². The van der Waals surface area contributed by atoms with Crippen molar-refractivity contribution < 1.29 is 14.4 Å². The molecule has 3 unspecified atom stereocenters. The maximum Gasteiger partial charge on any atom is 0.139 e.